The number of aromatic nitrogens is 3. The number of amides is 1. The van der Waals surface area contributed by atoms with Gasteiger partial charge in [-0.3, -0.25) is 9.59 Å². The molecule has 0 radical (unpaired) electrons. The van der Waals surface area contributed by atoms with E-state index in [4.69, 9.17) is 0 Å². The number of hydrogen-bond donors (Lipinski definition) is 0. The van der Waals surface area contributed by atoms with E-state index in [0.717, 1.165) is 29.4 Å². The highest BCUT2D eigenvalue weighted by molar-refractivity contribution is 6.08. The Hall–Kier alpha value is -3.61. The number of aryl methyl sites for hydroxylation is 3. The molecule has 2 aromatic carbocycles. The molecule has 34 heavy (non-hydrogen) atoms. The average molecular weight is 458 g/mol. The van der Waals surface area contributed by atoms with E-state index in [1.807, 2.05) is 40.7 Å². The molecule has 4 aromatic rings. The van der Waals surface area contributed by atoms with Gasteiger partial charge in [-0.2, -0.15) is 5.10 Å². The zero-order valence-corrected chi connectivity index (χ0v) is 20.3. The minimum Gasteiger partial charge on any atom is -0.368 e. The maximum absolute atomic E-state index is 13.8. The van der Waals surface area contributed by atoms with Gasteiger partial charge in [0.2, 0.25) is 5.91 Å². The predicted molar refractivity (Wildman–Crippen MR) is 137 cm³/mol. The molecule has 0 N–H and O–H groups in total. The lowest BCUT2D eigenvalue weighted by molar-refractivity contribution is -0.135. The quantitative estimate of drug-likeness (QED) is 0.468. The summed E-state index contributed by atoms with van der Waals surface area (Å²) >= 11 is 0. The molecule has 1 fully saturated rings. The van der Waals surface area contributed by atoms with Gasteiger partial charge in [0.25, 0.3) is 5.56 Å². The summed E-state index contributed by atoms with van der Waals surface area (Å²) in [6.45, 7) is 9.19. The van der Waals surface area contributed by atoms with Crippen molar-refractivity contribution in [3.63, 3.8) is 0 Å². The molecule has 7 nitrogen and oxygen atoms in total. The maximum atomic E-state index is 13.8. The van der Waals surface area contributed by atoms with Crippen LogP contribution in [-0.2, 0) is 11.8 Å². The Morgan fingerprint density at radius 1 is 1.03 bits per heavy atom. The summed E-state index contributed by atoms with van der Waals surface area (Å²) in [6.07, 6.45) is 2.34. The lowest BCUT2D eigenvalue weighted by Gasteiger charge is -2.38. The van der Waals surface area contributed by atoms with Crippen LogP contribution < -0.4 is 10.5 Å². The third-order valence-electron chi connectivity index (χ3n) is 7.09. The summed E-state index contributed by atoms with van der Waals surface area (Å²) in [4.78, 5) is 31.3. The van der Waals surface area contributed by atoms with E-state index >= 15 is 0 Å². The number of anilines is 1. The number of para-hydroxylation sites is 1. The molecule has 0 saturated carbocycles. The van der Waals surface area contributed by atoms with E-state index in [-0.39, 0.29) is 11.5 Å². The third kappa shape index (κ3) is 3.56. The van der Waals surface area contributed by atoms with Crippen LogP contribution in [-0.4, -0.2) is 51.3 Å². The van der Waals surface area contributed by atoms with Crippen LogP contribution in [0.2, 0.25) is 0 Å². The van der Waals surface area contributed by atoms with Gasteiger partial charge in [0, 0.05) is 49.7 Å². The zero-order valence-electron chi connectivity index (χ0n) is 20.3. The van der Waals surface area contributed by atoms with Crippen LogP contribution in [0, 0.1) is 13.8 Å². The van der Waals surface area contributed by atoms with Crippen LogP contribution in [0.1, 0.15) is 30.5 Å². The molecule has 7 heteroatoms. The SMILES string of the molecule is CCC(C(=O)N1CCN(c2cc(C)ccc2C)CC1)n1c2ccccc2c2cnn(C)c(=O)c21. The first-order chi connectivity index (χ1) is 16.4. The molecule has 2 aromatic heterocycles. The van der Waals surface area contributed by atoms with Crippen LogP contribution in [0.15, 0.2) is 53.5 Å². The van der Waals surface area contributed by atoms with E-state index in [0.29, 0.717) is 25.0 Å². The topological polar surface area (TPSA) is 63.4 Å². The van der Waals surface area contributed by atoms with E-state index in [1.54, 1.807) is 13.2 Å². The van der Waals surface area contributed by atoms with E-state index < -0.39 is 6.04 Å². The van der Waals surface area contributed by atoms with Gasteiger partial charge in [-0.05, 0) is 43.5 Å². The predicted octanol–water partition coefficient (Wildman–Crippen LogP) is 3.80. The normalized spacial score (nSPS) is 15.3. The fourth-order valence-corrected chi connectivity index (χ4v) is 5.22. The summed E-state index contributed by atoms with van der Waals surface area (Å²) < 4.78 is 3.30. The Kier molecular flexibility index (Phi) is 5.63. The number of carbonyl (C=O) groups excluding carboxylic acids is 1. The smallest absolute Gasteiger partial charge is 0.291 e. The molecule has 1 unspecified atom stereocenters. The Morgan fingerprint density at radius 3 is 2.50 bits per heavy atom. The maximum Gasteiger partial charge on any atom is 0.291 e. The summed E-state index contributed by atoms with van der Waals surface area (Å²) in [5, 5.41) is 5.98. The first-order valence-corrected chi connectivity index (χ1v) is 12.0. The highest BCUT2D eigenvalue weighted by Gasteiger charge is 2.31. The van der Waals surface area contributed by atoms with Crippen molar-refractivity contribution in [2.45, 2.75) is 33.2 Å². The molecule has 3 heterocycles. The largest absolute Gasteiger partial charge is 0.368 e. The van der Waals surface area contributed by atoms with E-state index in [2.05, 4.69) is 42.0 Å². The van der Waals surface area contributed by atoms with Crippen molar-refractivity contribution in [3.8, 4) is 0 Å². The number of piperazine rings is 1. The highest BCUT2D eigenvalue weighted by Crippen LogP contribution is 2.32. The average Bonchev–Trinajstić information content (AvgIpc) is 3.18. The summed E-state index contributed by atoms with van der Waals surface area (Å²) in [7, 11) is 1.65. The molecule has 1 aliphatic rings. The molecular weight excluding hydrogens is 426 g/mol. The van der Waals surface area contributed by atoms with Crippen molar-refractivity contribution >= 4 is 33.4 Å². The number of nitrogens with zero attached hydrogens (tertiary/aromatic N) is 5. The minimum absolute atomic E-state index is 0.0737. The number of benzene rings is 2. The Bertz CT molecular complexity index is 1440. The second-order valence-corrected chi connectivity index (χ2v) is 9.25. The van der Waals surface area contributed by atoms with Crippen LogP contribution in [0.3, 0.4) is 0 Å². The van der Waals surface area contributed by atoms with Crippen LogP contribution in [0.25, 0.3) is 21.8 Å². The molecule has 176 valence electrons. The molecule has 0 aliphatic carbocycles. The minimum atomic E-state index is -0.440. The highest BCUT2D eigenvalue weighted by atomic mass is 16.2. The van der Waals surface area contributed by atoms with E-state index in [9.17, 15) is 9.59 Å². The fraction of sp³-hybridized carbons (Fsp3) is 0.370. The molecule has 1 atom stereocenters. The van der Waals surface area contributed by atoms with Crippen molar-refractivity contribution in [1.29, 1.82) is 0 Å². The lowest BCUT2D eigenvalue weighted by Crippen LogP contribution is -2.50. The standard InChI is InChI=1S/C27H31N5O2/c1-5-22(26(33)31-14-12-30(13-15-31)24-16-18(2)10-11-19(24)3)32-23-9-7-6-8-20(23)21-17-28-29(4)27(34)25(21)32/h6-11,16-17,22H,5,12-15H2,1-4H3. The second kappa shape index (κ2) is 8.63. The summed E-state index contributed by atoms with van der Waals surface area (Å²) in [6, 6.07) is 14.0. The van der Waals surface area contributed by atoms with Gasteiger partial charge >= 0.3 is 0 Å². The molecule has 1 saturated heterocycles. The van der Waals surface area contributed by atoms with Gasteiger partial charge < -0.3 is 14.4 Å². The lowest BCUT2D eigenvalue weighted by atomic mass is 10.1. The monoisotopic (exact) mass is 457 g/mol. The summed E-state index contributed by atoms with van der Waals surface area (Å²) in [5.41, 5.74) is 5.01. The van der Waals surface area contributed by atoms with E-state index in [1.165, 1.54) is 21.5 Å². The van der Waals surface area contributed by atoms with Crippen LogP contribution in [0.4, 0.5) is 5.69 Å². The molecular formula is C27H31N5O2. The van der Waals surface area contributed by atoms with Crippen molar-refractivity contribution in [1.82, 2.24) is 19.2 Å². The zero-order chi connectivity index (χ0) is 24.0. The van der Waals surface area contributed by atoms with Crippen molar-refractivity contribution in [2.75, 3.05) is 31.1 Å². The van der Waals surface area contributed by atoms with Crippen molar-refractivity contribution in [3.05, 3.63) is 70.1 Å². The van der Waals surface area contributed by atoms with Crippen molar-refractivity contribution in [2.24, 2.45) is 7.05 Å². The molecule has 0 bridgehead atoms. The second-order valence-electron chi connectivity index (χ2n) is 9.25. The van der Waals surface area contributed by atoms with Gasteiger partial charge in [-0.15, -0.1) is 0 Å². The van der Waals surface area contributed by atoms with Gasteiger partial charge in [-0.25, -0.2) is 4.68 Å². The van der Waals surface area contributed by atoms with Gasteiger partial charge in [0.15, 0.2) is 0 Å². The number of hydrogen-bond acceptors (Lipinski definition) is 4. The Morgan fingerprint density at radius 2 is 1.76 bits per heavy atom. The molecule has 5 rings (SSSR count). The Balaban J connectivity index is 1.48. The summed E-state index contributed by atoms with van der Waals surface area (Å²) in [5.74, 6) is 0.0737. The van der Waals surface area contributed by atoms with Gasteiger partial charge in [0.05, 0.1) is 11.7 Å². The van der Waals surface area contributed by atoms with Gasteiger partial charge in [-0.1, -0.05) is 37.3 Å². The van der Waals surface area contributed by atoms with Crippen LogP contribution >= 0.6 is 0 Å². The Labute approximate surface area is 199 Å². The first kappa shape index (κ1) is 22.2. The number of fused-ring (bicyclic) bond motifs is 3. The van der Waals surface area contributed by atoms with Crippen LogP contribution in [0.5, 0.6) is 0 Å². The molecule has 1 amide bonds. The number of rotatable bonds is 4. The molecule has 1 aliphatic heterocycles. The first-order valence-electron chi connectivity index (χ1n) is 12.0. The fourth-order valence-electron chi connectivity index (χ4n) is 5.22. The molecule has 0 spiro atoms. The van der Waals surface area contributed by atoms with Crippen molar-refractivity contribution < 1.29 is 4.79 Å². The van der Waals surface area contributed by atoms with Gasteiger partial charge in [0.1, 0.15) is 11.6 Å². The third-order valence-corrected chi connectivity index (χ3v) is 7.09. The number of carbonyl (C=O) groups is 1.